The Labute approximate surface area is 165 Å². The van der Waals surface area contributed by atoms with Crippen LogP contribution < -0.4 is 4.90 Å². The fraction of sp³-hybridized carbons (Fsp3) is 0.632. The number of sulfone groups is 1. The van der Waals surface area contributed by atoms with E-state index in [0.717, 1.165) is 58.2 Å². The largest absolute Gasteiger partial charge is 0.465 e. The van der Waals surface area contributed by atoms with Crippen LogP contribution in [0, 0.1) is 11.7 Å². The molecule has 0 spiro atoms. The first-order valence-electron chi connectivity index (χ1n) is 9.69. The number of hydrogen-bond acceptors (Lipinski definition) is 5. The van der Waals surface area contributed by atoms with Crippen molar-refractivity contribution in [2.75, 3.05) is 57.0 Å². The zero-order valence-electron chi connectivity index (χ0n) is 16.2. The number of nitrogens with zero attached hydrogens (tertiary/aromatic N) is 3. The first-order chi connectivity index (χ1) is 13.2. The number of amides is 1. The van der Waals surface area contributed by atoms with Gasteiger partial charge in [0.1, 0.15) is 10.7 Å². The average Bonchev–Trinajstić information content (AvgIpc) is 2.66. The van der Waals surface area contributed by atoms with Crippen LogP contribution in [0.25, 0.3) is 0 Å². The predicted octanol–water partition coefficient (Wildman–Crippen LogP) is 2.13. The number of carboxylic acid groups (broad SMARTS) is 1. The van der Waals surface area contributed by atoms with Gasteiger partial charge in [-0.2, -0.15) is 0 Å². The predicted molar refractivity (Wildman–Crippen MR) is 105 cm³/mol. The van der Waals surface area contributed by atoms with Gasteiger partial charge in [-0.1, -0.05) is 0 Å². The van der Waals surface area contributed by atoms with Gasteiger partial charge in [-0.3, -0.25) is 4.90 Å². The van der Waals surface area contributed by atoms with E-state index in [0.29, 0.717) is 24.7 Å². The zero-order chi connectivity index (χ0) is 20.3. The molecule has 0 bridgehead atoms. The van der Waals surface area contributed by atoms with Gasteiger partial charge in [-0.25, -0.2) is 17.6 Å². The summed E-state index contributed by atoms with van der Waals surface area (Å²) in [6.45, 7) is 5.55. The molecule has 2 aliphatic heterocycles. The Morgan fingerprint density at radius 3 is 2.32 bits per heavy atom. The summed E-state index contributed by atoms with van der Waals surface area (Å²) in [5.74, 6) is -0.124. The lowest BCUT2D eigenvalue weighted by atomic mass is 9.93. The van der Waals surface area contributed by atoms with Crippen molar-refractivity contribution in [3.05, 3.63) is 24.0 Å². The van der Waals surface area contributed by atoms with Crippen molar-refractivity contribution in [1.29, 1.82) is 0 Å². The topological polar surface area (TPSA) is 81.2 Å². The third kappa shape index (κ3) is 5.14. The van der Waals surface area contributed by atoms with E-state index in [1.54, 1.807) is 6.07 Å². The van der Waals surface area contributed by atoms with Gasteiger partial charge in [0, 0.05) is 51.2 Å². The van der Waals surface area contributed by atoms with Crippen LogP contribution in [-0.2, 0) is 9.84 Å². The highest BCUT2D eigenvalue weighted by atomic mass is 32.2. The molecule has 2 aliphatic rings. The summed E-state index contributed by atoms with van der Waals surface area (Å²) in [5, 5.41) is 9.01. The van der Waals surface area contributed by atoms with Gasteiger partial charge in [0.05, 0.1) is 0 Å². The van der Waals surface area contributed by atoms with E-state index in [2.05, 4.69) is 9.80 Å². The molecule has 7 nitrogen and oxygen atoms in total. The minimum atomic E-state index is -3.55. The molecule has 2 saturated heterocycles. The summed E-state index contributed by atoms with van der Waals surface area (Å²) in [5.41, 5.74) is 0.714. The molecular formula is C19H28FN3O4S. The molecule has 1 amide bonds. The van der Waals surface area contributed by atoms with Crippen LogP contribution in [0.15, 0.2) is 23.1 Å². The van der Waals surface area contributed by atoms with Crippen molar-refractivity contribution in [2.45, 2.75) is 24.2 Å². The average molecular weight is 414 g/mol. The summed E-state index contributed by atoms with van der Waals surface area (Å²) in [6.07, 6.45) is 3.12. The molecule has 156 valence electrons. The molecule has 1 aromatic carbocycles. The highest BCUT2D eigenvalue weighted by Crippen LogP contribution is 2.24. The quantitative estimate of drug-likeness (QED) is 0.797. The summed E-state index contributed by atoms with van der Waals surface area (Å²) < 4.78 is 37.2. The van der Waals surface area contributed by atoms with Crippen molar-refractivity contribution < 1.29 is 22.7 Å². The fourth-order valence-corrected chi connectivity index (χ4v) is 4.72. The van der Waals surface area contributed by atoms with E-state index in [4.69, 9.17) is 5.11 Å². The van der Waals surface area contributed by atoms with Crippen molar-refractivity contribution in [3.63, 3.8) is 0 Å². The molecule has 0 aromatic heterocycles. The summed E-state index contributed by atoms with van der Waals surface area (Å²) in [4.78, 5) is 16.7. The first-order valence-corrected chi connectivity index (χ1v) is 11.6. The summed E-state index contributed by atoms with van der Waals surface area (Å²) in [6, 6.07) is 4.32. The zero-order valence-corrected chi connectivity index (χ0v) is 17.0. The Morgan fingerprint density at radius 2 is 1.79 bits per heavy atom. The smallest absolute Gasteiger partial charge is 0.407 e. The molecule has 0 radical (unpaired) electrons. The number of rotatable bonds is 5. The number of carbonyl (C=O) groups is 1. The fourth-order valence-electron chi connectivity index (χ4n) is 3.99. The molecule has 3 rings (SSSR count). The molecule has 28 heavy (non-hydrogen) atoms. The monoisotopic (exact) mass is 413 g/mol. The van der Waals surface area contributed by atoms with Crippen LogP contribution in [-0.4, -0.2) is 81.5 Å². The van der Waals surface area contributed by atoms with Gasteiger partial charge in [-0.15, -0.1) is 0 Å². The van der Waals surface area contributed by atoms with Crippen molar-refractivity contribution in [1.82, 2.24) is 9.80 Å². The molecule has 1 N–H and O–H groups in total. The highest BCUT2D eigenvalue weighted by Gasteiger charge is 2.24. The van der Waals surface area contributed by atoms with E-state index in [1.165, 1.54) is 17.0 Å². The van der Waals surface area contributed by atoms with Crippen LogP contribution in [0.4, 0.5) is 14.9 Å². The molecule has 2 fully saturated rings. The number of piperidine rings is 1. The molecule has 9 heteroatoms. The Morgan fingerprint density at radius 1 is 1.14 bits per heavy atom. The minimum Gasteiger partial charge on any atom is -0.465 e. The molecule has 0 saturated carbocycles. The molecule has 0 atom stereocenters. The lowest BCUT2D eigenvalue weighted by Crippen LogP contribution is -2.47. The van der Waals surface area contributed by atoms with Crippen LogP contribution in [0.3, 0.4) is 0 Å². The summed E-state index contributed by atoms with van der Waals surface area (Å²) in [7, 11) is -3.55. The third-order valence-electron chi connectivity index (χ3n) is 5.79. The lowest BCUT2D eigenvalue weighted by molar-refractivity contribution is 0.119. The molecule has 2 heterocycles. The lowest BCUT2D eigenvalue weighted by Gasteiger charge is -2.37. The number of benzene rings is 1. The van der Waals surface area contributed by atoms with E-state index in [9.17, 15) is 17.6 Å². The molecule has 1 aromatic rings. The van der Waals surface area contributed by atoms with E-state index in [-0.39, 0.29) is 4.90 Å². The normalized spacial score (nSPS) is 19.8. The van der Waals surface area contributed by atoms with Crippen molar-refractivity contribution >= 4 is 21.6 Å². The summed E-state index contributed by atoms with van der Waals surface area (Å²) >= 11 is 0. The Balaban J connectivity index is 1.45. The first kappa shape index (κ1) is 20.9. The standard InChI is InChI=1S/C19H28FN3O4S/c1-28(26,27)18-3-2-16(14-17(18)20)22-12-10-21(11-13-22)7-4-15-5-8-23(9-6-15)19(24)25/h2-3,14-15H,4-13H2,1H3,(H,24,25). The molecular weight excluding hydrogens is 385 g/mol. The van der Waals surface area contributed by atoms with Crippen LogP contribution in [0.2, 0.25) is 0 Å². The van der Waals surface area contributed by atoms with Gasteiger partial charge < -0.3 is 14.9 Å². The van der Waals surface area contributed by atoms with Crippen LogP contribution in [0.5, 0.6) is 0 Å². The van der Waals surface area contributed by atoms with Gasteiger partial charge in [-0.05, 0) is 49.9 Å². The second-order valence-corrected chi connectivity index (χ2v) is 9.70. The van der Waals surface area contributed by atoms with Crippen molar-refractivity contribution in [3.8, 4) is 0 Å². The maximum atomic E-state index is 14.1. The molecule has 0 unspecified atom stereocenters. The number of likely N-dealkylation sites (tertiary alicyclic amines) is 1. The van der Waals surface area contributed by atoms with Crippen molar-refractivity contribution in [2.24, 2.45) is 5.92 Å². The second-order valence-electron chi connectivity index (χ2n) is 7.72. The van der Waals surface area contributed by atoms with E-state index >= 15 is 0 Å². The number of halogens is 1. The molecule has 0 aliphatic carbocycles. The SMILES string of the molecule is CS(=O)(=O)c1ccc(N2CCN(CCC3CCN(C(=O)O)CC3)CC2)cc1F. The number of piperazine rings is 1. The number of anilines is 1. The van der Waals surface area contributed by atoms with Gasteiger partial charge >= 0.3 is 6.09 Å². The van der Waals surface area contributed by atoms with Gasteiger partial charge in [0.25, 0.3) is 0 Å². The van der Waals surface area contributed by atoms with Gasteiger partial charge in [0.15, 0.2) is 9.84 Å². The number of hydrogen-bond donors (Lipinski definition) is 1. The van der Waals surface area contributed by atoms with E-state index in [1.807, 2.05) is 0 Å². The second kappa shape index (κ2) is 8.65. The Bertz CT molecular complexity index is 801. The van der Waals surface area contributed by atoms with Gasteiger partial charge in [0.2, 0.25) is 0 Å². The maximum Gasteiger partial charge on any atom is 0.407 e. The third-order valence-corrected chi connectivity index (χ3v) is 6.92. The Kier molecular flexibility index (Phi) is 6.44. The Hall–Kier alpha value is -1.87. The van der Waals surface area contributed by atoms with Crippen LogP contribution >= 0.6 is 0 Å². The maximum absolute atomic E-state index is 14.1. The van der Waals surface area contributed by atoms with E-state index < -0.39 is 21.7 Å². The minimum absolute atomic E-state index is 0.260. The van der Waals surface area contributed by atoms with Crippen LogP contribution in [0.1, 0.15) is 19.3 Å². The highest BCUT2D eigenvalue weighted by molar-refractivity contribution is 7.90.